The summed E-state index contributed by atoms with van der Waals surface area (Å²) in [6.45, 7) is -1.23. The second kappa shape index (κ2) is 6.77. The highest BCUT2D eigenvalue weighted by atomic mass is 32.1. The second-order valence-electron chi connectivity index (χ2n) is 7.19. The summed E-state index contributed by atoms with van der Waals surface area (Å²) in [7, 11) is 0. The fourth-order valence-corrected chi connectivity index (χ4v) is 4.90. The largest absolute Gasteiger partial charge is 0.430 e. The van der Waals surface area contributed by atoms with Crippen molar-refractivity contribution in [3.63, 3.8) is 0 Å². The molecule has 1 aliphatic heterocycles. The van der Waals surface area contributed by atoms with E-state index in [2.05, 4.69) is 9.69 Å². The first-order chi connectivity index (χ1) is 14.0. The van der Waals surface area contributed by atoms with E-state index in [-0.39, 0.29) is 33.8 Å². The van der Waals surface area contributed by atoms with Gasteiger partial charge in [-0.15, -0.1) is 0 Å². The number of fused-ring (bicyclic) bond motifs is 2. The van der Waals surface area contributed by atoms with Crippen molar-refractivity contribution in [1.82, 2.24) is 14.3 Å². The van der Waals surface area contributed by atoms with E-state index in [1.54, 1.807) is 9.47 Å². The molecule has 2 aromatic heterocycles. The molecule has 2 fully saturated rings. The third kappa shape index (κ3) is 2.91. The first kappa shape index (κ1) is 18.5. The lowest BCUT2D eigenvalue weighted by atomic mass is 10.1. The van der Waals surface area contributed by atoms with Crippen molar-refractivity contribution in [3.8, 4) is 5.75 Å². The van der Waals surface area contributed by atoms with Crippen molar-refractivity contribution in [2.24, 2.45) is 0 Å². The summed E-state index contributed by atoms with van der Waals surface area (Å²) in [5, 5.41) is 2.93. The van der Waals surface area contributed by atoms with E-state index in [0.717, 1.165) is 30.4 Å². The van der Waals surface area contributed by atoms with Crippen LogP contribution < -0.4 is 25.9 Å². The molecule has 3 heterocycles. The molecule has 7 nitrogen and oxygen atoms in total. The summed E-state index contributed by atoms with van der Waals surface area (Å²) in [6, 6.07) is 0.983. The third-order valence-corrected chi connectivity index (χ3v) is 6.23. The van der Waals surface area contributed by atoms with Gasteiger partial charge >= 0.3 is 6.61 Å². The predicted octanol–water partition coefficient (Wildman–Crippen LogP) is 2.39. The zero-order chi connectivity index (χ0) is 20.3. The Balaban J connectivity index is 1.93. The number of nitrogens with one attached hydrogen (secondary N) is 2. The number of pyridine rings is 1. The van der Waals surface area contributed by atoms with Gasteiger partial charge < -0.3 is 19.5 Å². The molecule has 1 aliphatic carbocycles. The zero-order valence-corrected chi connectivity index (χ0v) is 16.0. The highest BCUT2D eigenvalue weighted by Crippen LogP contribution is 2.46. The van der Waals surface area contributed by atoms with Gasteiger partial charge in [0.1, 0.15) is 15.9 Å². The highest BCUT2D eigenvalue weighted by Gasteiger charge is 2.33. The predicted molar refractivity (Wildman–Crippen MR) is 104 cm³/mol. The van der Waals surface area contributed by atoms with Gasteiger partial charge in [0, 0.05) is 32.2 Å². The number of piperazine rings is 1. The first-order valence-corrected chi connectivity index (χ1v) is 10.1. The van der Waals surface area contributed by atoms with Gasteiger partial charge in [0.05, 0.1) is 10.9 Å². The number of ether oxygens (including phenoxy) is 1. The van der Waals surface area contributed by atoms with Crippen LogP contribution in [-0.2, 0) is 0 Å². The van der Waals surface area contributed by atoms with Crippen LogP contribution in [0.2, 0.25) is 0 Å². The molecular weight excluding hydrogens is 409 g/mol. The summed E-state index contributed by atoms with van der Waals surface area (Å²) in [6.07, 6.45) is 1.54. The van der Waals surface area contributed by atoms with Gasteiger partial charge in [0.25, 0.3) is 5.56 Å². The molecule has 0 spiro atoms. The molecule has 3 aromatic rings. The number of aromatic nitrogens is 2. The molecule has 2 aliphatic rings. The Bertz CT molecular complexity index is 1230. The van der Waals surface area contributed by atoms with E-state index in [0.29, 0.717) is 31.0 Å². The molecule has 154 valence electrons. The Morgan fingerprint density at radius 1 is 1.21 bits per heavy atom. The van der Waals surface area contributed by atoms with Crippen LogP contribution in [0, 0.1) is 5.82 Å². The van der Waals surface area contributed by atoms with Gasteiger partial charge in [-0.2, -0.15) is 8.78 Å². The van der Waals surface area contributed by atoms with Gasteiger partial charge in [-0.25, -0.2) is 4.39 Å². The minimum Gasteiger partial charge on any atom is -0.430 e. The molecule has 1 saturated carbocycles. The molecule has 1 saturated heterocycles. The molecule has 2 N–H and O–H groups in total. The van der Waals surface area contributed by atoms with Crippen LogP contribution in [0.4, 0.5) is 18.9 Å². The zero-order valence-electron chi connectivity index (χ0n) is 15.1. The van der Waals surface area contributed by atoms with E-state index in [9.17, 15) is 18.4 Å². The summed E-state index contributed by atoms with van der Waals surface area (Å²) in [5.41, 5.74) is -1.20. The van der Waals surface area contributed by atoms with Crippen molar-refractivity contribution in [2.45, 2.75) is 25.5 Å². The average molecular weight is 426 g/mol. The Hall–Kier alpha value is -2.53. The molecule has 0 amide bonds. The van der Waals surface area contributed by atoms with Crippen molar-refractivity contribution in [3.05, 3.63) is 32.5 Å². The Labute approximate surface area is 165 Å². The molecule has 0 unspecified atom stereocenters. The molecule has 0 atom stereocenters. The van der Waals surface area contributed by atoms with Gasteiger partial charge in [-0.05, 0) is 30.4 Å². The summed E-state index contributed by atoms with van der Waals surface area (Å²) in [4.78, 5) is 27.2. The molecule has 0 bridgehead atoms. The standard InChI is InChI=1S/C18H17F3N4O3S/c19-10-7-9-12(15(28-18(20)21)13(10)24-5-3-22-4-6-24)25(8-1-2-8)17-11(14(9)26)16(27)23-29-17/h7-8,18,22H,1-6H2,(H,23,27). The van der Waals surface area contributed by atoms with Crippen LogP contribution in [-0.4, -0.2) is 41.7 Å². The average Bonchev–Trinajstić information content (AvgIpc) is 3.45. The van der Waals surface area contributed by atoms with Crippen LogP contribution in [0.1, 0.15) is 18.9 Å². The van der Waals surface area contributed by atoms with Crippen LogP contribution in [0.15, 0.2) is 15.7 Å². The van der Waals surface area contributed by atoms with Crippen LogP contribution in [0.25, 0.3) is 21.1 Å². The molecule has 0 radical (unpaired) electrons. The van der Waals surface area contributed by atoms with E-state index in [4.69, 9.17) is 4.74 Å². The second-order valence-corrected chi connectivity index (χ2v) is 7.99. The number of rotatable bonds is 4. The van der Waals surface area contributed by atoms with Crippen molar-refractivity contribution in [1.29, 1.82) is 0 Å². The fraction of sp³-hybridized carbons (Fsp3) is 0.444. The molecular formula is C18H17F3N4O3S. The smallest absolute Gasteiger partial charge is 0.387 e. The molecule has 29 heavy (non-hydrogen) atoms. The topological polar surface area (TPSA) is 79.4 Å². The number of anilines is 1. The molecule has 5 rings (SSSR count). The summed E-state index contributed by atoms with van der Waals surface area (Å²) < 4.78 is 51.0. The van der Waals surface area contributed by atoms with Crippen molar-refractivity contribution >= 4 is 38.3 Å². The maximum Gasteiger partial charge on any atom is 0.387 e. The monoisotopic (exact) mass is 426 g/mol. The van der Waals surface area contributed by atoms with Crippen molar-refractivity contribution < 1.29 is 17.9 Å². The lowest BCUT2D eigenvalue weighted by Gasteiger charge is -2.31. The minimum atomic E-state index is -3.19. The van der Waals surface area contributed by atoms with Crippen LogP contribution in [0.3, 0.4) is 0 Å². The van der Waals surface area contributed by atoms with Crippen LogP contribution >= 0.6 is 11.5 Å². The lowest BCUT2D eigenvalue weighted by Crippen LogP contribution is -2.44. The SMILES string of the molecule is O=c1[nH]sc2c1c(=O)c1cc(F)c(N3CCNCC3)c(OC(F)F)c1n2C1CC1. The number of nitrogens with zero attached hydrogens (tertiary/aromatic N) is 2. The number of hydrogen-bond donors (Lipinski definition) is 2. The van der Waals surface area contributed by atoms with E-state index < -0.39 is 23.4 Å². The third-order valence-electron chi connectivity index (χ3n) is 5.35. The normalized spacial score (nSPS) is 17.6. The number of benzene rings is 1. The summed E-state index contributed by atoms with van der Waals surface area (Å²) >= 11 is 0.976. The first-order valence-electron chi connectivity index (χ1n) is 9.29. The summed E-state index contributed by atoms with van der Waals surface area (Å²) in [5.74, 6) is -1.16. The van der Waals surface area contributed by atoms with Gasteiger partial charge in [0.2, 0.25) is 5.43 Å². The molecule has 11 heteroatoms. The minimum absolute atomic E-state index is 0.0617. The fourth-order valence-electron chi connectivity index (χ4n) is 3.98. The maximum atomic E-state index is 15.2. The van der Waals surface area contributed by atoms with Gasteiger partial charge in [0.15, 0.2) is 11.6 Å². The Kier molecular flexibility index (Phi) is 4.32. The number of H-pyrrole nitrogens is 1. The van der Waals surface area contributed by atoms with Gasteiger partial charge in [-0.1, -0.05) is 0 Å². The number of halogens is 3. The van der Waals surface area contributed by atoms with Gasteiger partial charge in [-0.3, -0.25) is 14.0 Å². The van der Waals surface area contributed by atoms with Crippen molar-refractivity contribution in [2.75, 3.05) is 31.1 Å². The highest BCUT2D eigenvalue weighted by molar-refractivity contribution is 7.12. The quantitative estimate of drug-likeness (QED) is 0.670. The number of alkyl halides is 2. The number of hydrogen-bond acceptors (Lipinski definition) is 6. The Morgan fingerprint density at radius 2 is 1.93 bits per heavy atom. The Morgan fingerprint density at radius 3 is 2.59 bits per heavy atom. The van der Waals surface area contributed by atoms with Crippen LogP contribution in [0.5, 0.6) is 5.75 Å². The number of aromatic amines is 1. The van der Waals surface area contributed by atoms with E-state index >= 15 is 4.39 Å². The van der Waals surface area contributed by atoms with E-state index in [1.165, 1.54) is 0 Å². The lowest BCUT2D eigenvalue weighted by molar-refractivity contribution is -0.0488. The van der Waals surface area contributed by atoms with E-state index in [1.807, 2.05) is 0 Å². The molecule has 1 aromatic carbocycles. The maximum absolute atomic E-state index is 15.2.